The van der Waals surface area contributed by atoms with E-state index in [1.54, 1.807) is 18.3 Å². The van der Waals surface area contributed by atoms with Crippen molar-refractivity contribution < 1.29 is 9.53 Å². The molecule has 1 heterocycles. The molecule has 0 atom stereocenters. The predicted molar refractivity (Wildman–Crippen MR) is 82.8 cm³/mol. The Morgan fingerprint density at radius 3 is 2.86 bits per heavy atom. The van der Waals surface area contributed by atoms with Gasteiger partial charge in [0.15, 0.2) is 0 Å². The summed E-state index contributed by atoms with van der Waals surface area (Å²) in [4.78, 5) is 15.9. The molecule has 0 aliphatic rings. The summed E-state index contributed by atoms with van der Waals surface area (Å²) < 4.78 is 5.43. The molecule has 1 amide bonds. The number of nitrogens with zero attached hydrogens (tertiary/aromatic N) is 1. The topological polar surface area (TPSA) is 77.2 Å². The molecule has 0 radical (unpaired) electrons. The number of hydrogen-bond donors (Lipinski definition) is 2. The highest BCUT2D eigenvalue weighted by atomic mass is 16.5. The summed E-state index contributed by atoms with van der Waals surface area (Å²) in [6, 6.07) is 3.40. The minimum atomic E-state index is -0.208. The lowest BCUT2D eigenvalue weighted by molar-refractivity contribution is 0.0901. The van der Waals surface area contributed by atoms with Crippen molar-refractivity contribution in [2.45, 2.75) is 20.3 Å². The average Bonchev–Trinajstić information content (AvgIpc) is 2.48. The average molecular weight is 289 g/mol. The van der Waals surface area contributed by atoms with Crippen LogP contribution >= 0.6 is 0 Å². The highest BCUT2D eigenvalue weighted by Gasteiger charge is 2.05. The third-order valence-corrected chi connectivity index (χ3v) is 2.70. The second-order valence-electron chi connectivity index (χ2n) is 4.99. The number of rotatable bonds is 7. The highest BCUT2D eigenvalue weighted by molar-refractivity contribution is 5.92. The minimum Gasteiger partial charge on any atom is -0.380 e. The number of nitrogens with one attached hydrogen (secondary N) is 1. The third kappa shape index (κ3) is 7.45. The lowest BCUT2D eigenvalue weighted by Gasteiger charge is -2.07. The molecular weight excluding hydrogens is 266 g/mol. The minimum absolute atomic E-state index is 0.208. The van der Waals surface area contributed by atoms with Crippen molar-refractivity contribution in [3.8, 4) is 11.8 Å². The molecule has 0 saturated heterocycles. The van der Waals surface area contributed by atoms with E-state index in [0.29, 0.717) is 31.3 Å². The van der Waals surface area contributed by atoms with Gasteiger partial charge in [-0.3, -0.25) is 4.79 Å². The molecule has 21 heavy (non-hydrogen) atoms. The monoisotopic (exact) mass is 289 g/mol. The maximum Gasteiger partial charge on any atom is 0.269 e. The van der Waals surface area contributed by atoms with Gasteiger partial charge in [0.05, 0.1) is 13.2 Å². The van der Waals surface area contributed by atoms with Gasteiger partial charge in [0.1, 0.15) is 5.69 Å². The fourth-order valence-electron chi connectivity index (χ4n) is 1.50. The highest BCUT2D eigenvalue weighted by Crippen LogP contribution is 1.99. The van der Waals surface area contributed by atoms with Gasteiger partial charge in [0, 0.05) is 24.9 Å². The van der Waals surface area contributed by atoms with Crippen LogP contribution in [0.5, 0.6) is 0 Å². The van der Waals surface area contributed by atoms with E-state index >= 15 is 0 Å². The summed E-state index contributed by atoms with van der Waals surface area (Å²) in [6.45, 7) is 6.32. The SMILES string of the molecule is CC(C)CCOCCNC(=O)c1ccc(C#CCN)cn1. The molecule has 0 bridgehead atoms. The van der Waals surface area contributed by atoms with Crippen molar-refractivity contribution in [3.05, 3.63) is 29.6 Å². The standard InChI is InChI=1S/C16H23N3O2/c1-13(2)7-10-21-11-9-18-16(20)15-6-5-14(12-19-15)4-3-8-17/h5-6,12-13H,7-11,17H2,1-2H3,(H,18,20). The molecule has 3 N–H and O–H groups in total. The summed E-state index contributed by atoms with van der Waals surface area (Å²) in [5.74, 6) is 6.01. The number of hydrogen-bond acceptors (Lipinski definition) is 4. The number of nitrogens with two attached hydrogens (primary N) is 1. The molecule has 0 saturated carbocycles. The summed E-state index contributed by atoms with van der Waals surface area (Å²) in [5, 5.41) is 2.77. The van der Waals surface area contributed by atoms with Crippen LogP contribution in [0.25, 0.3) is 0 Å². The van der Waals surface area contributed by atoms with Crippen molar-refractivity contribution in [1.82, 2.24) is 10.3 Å². The van der Waals surface area contributed by atoms with Crippen molar-refractivity contribution in [3.63, 3.8) is 0 Å². The van der Waals surface area contributed by atoms with E-state index in [9.17, 15) is 4.79 Å². The van der Waals surface area contributed by atoms with Crippen LogP contribution in [0.3, 0.4) is 0 Å². The van der Waals surface area contributed by atoms with Gasteiger partial charge in [-0.2, -0.15) is 0 Å². The Morgan fingerprint density at radius 1 is 1.43 bits per heavy atom. The lowest BCUT2D eigenvalue weighted by Crippen LogP contribution is -2.28. The number of amides is 1. The number of pyridine rings is 1. The largest absolute Gasteiger partial charge is 0.380 e. The maximum absolute atomic E-state index is 11.8. The fourth-order valence-corrected chi connectivity index (χ4v) is 1.50. The molecule has 1 aromatic heterocycles. The molecule has 0 fully saturated rings. The van der Waals surface area contributed by atoms with Gasteiger partial charge in [0.25, 0.3) is 5.91 Å². The zero-order chi connectivity index (χ0) is 15.5. The van der Waals surface area contributed by atoms with Crippen molar-refractivity contribution in [2.75, 3.05) is 26.3 Å². The van der Waals surface area contributed by atoms with E-state index in [2.05, 4.69) is 36.0 Å². The van der Waals surface area contributed by atoms with Crippen LogP contribution in [-0.2, 0) is 4.74 Å². The van der Waals surface area contributed by atoms with Crippen LogP contribution in [0.2, 0.25) is 0 Å². The van der Waals surface area contributed by atoms with Gasteiger partial charge in [-0.1, -0.05) is 25.7 Å². The third-order valence-electron chi connectivity index (χ3n) is 2.70. The molecule has 0 aliphatic heterocycles. The number of ether oxygens (including phenoxy) is 1. The normalized spacial score (nSPS) is 10.1. The first-order valence-corrected chi connectivity index (χ1v) is 7.14. The van der Waals surface area contributed by atoms with Crippen LogP contribution in [-0.4, -0.2) is 37.2 Å². The van der Waals surface area contributed by atoms with E-state index in [-0.39, 0.29) is 5.91 Å². The van der Waals surface area contributed by atoms with E-state index in [1.807, 2.05) is 0 Å². The lowest BCUT2D eigenvalue weighted by atomic mass is 10.1. The van der Waals surface area contributed by atoms with Gasteiger partial charge in [0.2, 0.25) is 0 Å². The van der Waals surface area contributed by atoms with Crippen LogP contribution in [0, 0.1) is 17.8 Å². The first-order chi connectivity index (χ1) is 10.1. The van der Waals surface area contributed by atoms with Crippen LogP contribution in [0.1, 0.15) is 36.3 Å². The Hall–Kier alpha value is -1.90. The van der Waals surface area contributed by atoms with Crippen molar-refractivity contribution >= 4 is 5.91 Å². The van der Waals surface area contributed by atoms with Crippen LogP contribution in [0.4, 0.5) is 0 Å². The van der Waals surface area contributed by atoms with Crippen LogP contribution < -0.4 is 11.1 Å². The molecule has 0 aliphatic carbocycles. The first-order valence-electron chi connectivity index (χ1n) is 7.14. The van der Waals surface area contributed by atoms with Gasteiger partial charge in [-0.05, 0) is 24.5 Å². The van der Waals surface area contributed by atoms with E-state index in [1.165, 1.54) is 0 Å². The van der Waals surface area contributed by atoms with Gasteiger partial charge in [-0.15, -0.1) is 0 Å². The van der Waals surface area contributed by atoms with Gasteiger partial charge >= 0.3 is 0 Å². The summed E-state index contributed by atoms with van der Waals surface area (Å²) in [5.41, 5.74) is 6.41. The van der Waals surface area contributed by atoms with Crippen molar-refractivity contribution in [1.29, 1.82) is 0 Å². The summed E-state index contributed by atoms with van der Waals surface area (Å²) in [7, 11) is 0. The number of carbonyl (C=O) groups excluding carboxylic acids is 1. The molecule has 0 aromatic carbocycles. The Bertz CT molecular complexity index is 486. The Morgan fingerprint density at radius 2 is 2.24 bits per heavy atom. The Balaban J connectivity index is 2.29. The van der Waals surface area contributed by atoms with Crippen LogP contribution in [0.15, 0.2) is 18.3 Å². The molecule has 1 aromatic rings. The second kappa shape index (κ2) is 9.92. The van der Waals surface area contributed by atoms with Gasteiger partial charge < -0.3 is 15.8 Å². The van der Waals surface area contributed by atoms with Gasteiger partial charge in [-0.25, -0.2) is 4.98 Å². The summed E-state index contributed by atoms with van der Waals surface area (Å²) in [6.07, 6.45) is 2.59. The second-order valence-corrected chi connectivity index (χ2v) is 4.99. The van der Waals surface area contributed by atoms with Crippen molar-refractivity contribution in [2.24, 2.45) is 11.7 Å². The zero-order valence-electron chi connectivity index (χ0n) is 12.7. The molecule has 5 heteroatoms. The zero-order valence-corrected chi connectivity index (χ0v) is 12.7. The fraction of sp³-hybridized carbons (Fsp3) is 0.500. The molecule has 0 unspecified atom stereocenters. The Kier molecular flexibility index (Phi) is 8.10. The molecule has 1 rings (SSSR count). The predicted octanol–water partition coefficient (Wildman–Crippen LogP) is 1.18. The number of aromatic nitrogens is 1. The van der Waals surface area contributed by atoms with E-state index in [4.69, 9.17) is 10.5 Å². The van der Waals surface area contributed by atoms with E-state index in [0.717, 1.165) is 18.6 Å². The quantitative estimate of drug-likeness (QED) is 0.584. The molecule has 0 spiro atoms. The summed E-state index contributed by atoms with van der Waals surface area (Å²) >= 11 is 0. The smallest absolute Gasteiger partial charge is 0.269 e. The Labute approximate surface area is 126 Å². The first kappa shape index (κ1) is 17.2. The molecular formula is C16H23N3O2. The molecule has 114 valence electrons. The van der Waals surface area contributed by atoms with E-state index < -0.39 is 0 Å². The maximum atomic E-state index is 11.8. The number of carbonyl (C=O) groups is 1. The molecule has 5 nitrogen and oxygen atoms in total.